The van der Waals surface area contributed by atoms with Gasteiger partial charge in [-0.1, -0.05) is 6.92 Å². The van der Waals surface area contributed by atoms with Crippen LogP contribution in [0.5, 0.6) is 11.5 Å². The van der Waals surface area contributed by atoms with Crippen LogP contribution in [0.4, 0.5) is 0 Å². The van der Waals surface area contributed by atoms with Gasteiger partial charge in [-0.3, -0.25) is 9.67 Å². The lowest BCUT2D eigenvalue weighted by atomic mass is 9.99. The molecule has 0 radical (unpaired) electrons. The molecule has 1 atom stereocenters. The van der Waals surface area contributed by atoms with Crippen LogP contribution >= 0.6 is 24.0 Å². The molecule has 1 unspecified atom stereocenters. The van der Waals surface area contributed by atoms with Crippen molar-refractivity contribution in [1.82, 2.24) is 20.0 Å². The SMILES string of the molecule is CN=C(NCC(C)Cn1nc(C)cc1C)N1CCc2cc(OC)c(OC)cc2C1.I. The largest absolute Gasteiger partial charge is 0.493 e. The van der Waals surface area contributed by atoms with E-state index < -0.39 is 0 Å². The Bertz CT molecular complexity index is 881. The topological polar surface area (TPSA) is 63.9 Å². The quantitative estimate of drug-likeness (QED) is 0.355. The molecule has 0 spiro atoms. The molecule has 2 aromatic rings. The number of guanidine groups is 1. The molecule has 0 fully saturated rings. The number of halogens is 1. The van der Waals surface area contributed by atoms with Gasteiger partial charge < -0.3 is 19.7 Å². The molecule has 1 N–H and O–H groups in total. The van der Waals surface area contributed by atoms with Crippen molar-refractivity contribution in [2.45, 2.75) is 40.3 Å². The summed E-state index contributed by atoms with van der Waals surface area (Å²) in [5.74, 6) is 2.94. The molecule has 0 amide bonds. The summed E-state index contributed by atoms with van der Waals surface area (Å²) >= 11 is 0. The van der Waals surface area contributed by atoms with E-state index in [0.29, 0.717) is 5.92 Å². The van der Waals surface area contributed by atoms with Crippen LogP contribution in [0.15, 0.2) is 23.2 Å². The summed E-state index contributed by atoms with van der Waals surface area (Å²) in [5, 5.41) is 8.12. The Labute approximate surface area is 196 Å². The Morgan fingerprint density at radius 2 is 1.83 bits per heavy atom. The molecule has 30 heavy (non-hydrogen) atoms. The predicted molar refractivity (Wildman–Crippen MR) is 131 cm³/mol. The zero-order chi connectivity index (χ0) is 21.0. The fraction of sp³-hybridized carbons (Fsp3) is 0.545. The van der Waals surface area contributed by atoms with Crippen LogP contribution in [-0.4, -0.2) is 55.0 Å². The first kappa shape index (κ1) is 24.3. The van der Waals surface area contributed by atoms with Crippen molar-refractivity contribution in [3.05, 3.63) is 40.7 Å². The smallest absolute Gasteiger partial charge is 0.193 e. The fourth-order valence-electron chi connectivity index (χ4n) is 3.88. The number of ether oxygens (including phenoxy) is 2. The third kappa shape index (κ3) is 5.59. The van der Waals surface area contributed by atoms with Gasteiger partial charge in [0, 0.05) is 38.9 Å². The number of rotatable bonds is 6. The van der Waals surface area contributed by atoms with Crippen LogP contribution in [0.2, 0.25) is 0 Å². The highest BCUT2D eigenvalue weighted by Crippen LogP contribution is 2.33. The van der Waals surface area contributed by atoms with Crippen molar-refractivity contribution >= 4 is 29.9 Å². The Kier molecular flexibility index (Phi) is 8.81. The molecule has 1 aliphatic rings. The van der Waals surface area contributed by atoms with Gasteiger partial charge in [0.25, 0.3) is 0 Å². The molecule has 1 aromatic heterocycles. The second kappa shape index (κ2) is 10.9. The third-order valence-corrected chi connectivity index (χ3v) is 5.43. The zero-order valence-electron chi connectivity index (χ0n) is 18.9. The molecule has 8 heteroatoms. The number of aromatic nitrogens is 2. The van der Waals surface area contributed by atoms with Crippen LogP contribution in [0, 0.1) is 19.8 Å². The van der Waals surface area contributed by atoms with E-state index in [1.807, 2.05) is 14.0 Å². The summed E-state index contributed by atoms with van der Waals surface area (Å²) in [6, 6.07) is 6.30. The molecule has 1 aliphatic heterocycles. The fourth-order valence-corrected chi connectivity index (χ4v) is 3.88. The van der Waals surface area contributed by atoms with Crippen LogP contribution < -0.4 is 14.8 Å². The number of methoxy groups -OCH3 is 2. The summed E-state index contributed by atoms with van der Waals surface area (Å²) in [7, 11) is 5.20. The summed E-state index contributed by atoms with van der Waals surface area (Å²) in [6.45, 7) is 9.85. The van der Waals surface area contributed by atoms with Gasteiger partial charge in [-0.25, -0.2) is 0 Å². The normalized spacial score (nSPS) is 14.6. The van der Waals surface area contributed by atoms with E-state index in [2.05, 4.69) is 57.0 Å². The second-order valence-corrected chi connectivity index (χ2v) is 7.79. The maximum Gasteiger partial charge on any atom is 0.193 e. The van der Waals surface area contributed by atoms with Crippen molar-refractivity contribution in [1.29, 1.82) is 0 Å². The first-order chi connectivity index (χ1) is 13.9. The number of nitrogens with one attached hydrogen (secondary N) is 1. The minimum Gasteiger partial charge on any atom is -0.493 e. The molecule has 1 aromatic carbocycles. The van der Waals surface area contributed by atoms with Crippen LogP contribution in [0.1, 0.15) is 29.4 Å². The van der Waals surface area contributed by atoms with Crippen molar-refractivity contribution < 1.29 is 9.47 Å². The molecular formula is C22H34IN5O2. The number of benzene rings is 1. The van der Waals surface area contributed by atoms with Gasteiger partial charge in [-0.15, -0.1) is 24.0 Å². The van der Waals surface area contributed by atoms with E-state index in [1.165, 1.54) is 16.8 Å². The first-order valence-electron chi connectivity index (χ1n) is 10.2. The Morgan fingerprint density at radius 1 is 1.17 bits per heavy atom. The van der Waals surface area contributed by atoms with Crippen LogP contribution in [-0.2, 0) is 19.5 Å². The summed E-state index contributed by atoms with van der Waals surface area (Å²) in [5.41, 5.74) is 4.84. The standard InChI is InChI=1S/C22H33N5O2.HI/c1-15(13-27-17(3)9-16(2)25-27)12-24-22(23-4)26-8-7-18-10-20(28-5)21(29-6)11-19(18)14-26;/h9-11,15H,7-8,12-14H2,1-6H3,(H,23,24);1H. The summed E-state index contributed by atoms with van der Waals surface area (Å²) in [4.78, 5) is 6.81. The van der Waals surface area contributed by atoms with Gasteiger partial charge in [0.15, 0.2) is 17.5 Å². The highest BCUT2D eigenvalue weighted by atomic mass is 127. The Hall–Kier alpha value is -1.97. The third-order valence-electron chi connectivity index (χ3n) is 5.43. The van der Waals surface area contributed by atoms with Gasteiger partial charge >= 0.3 is 0 Å². The molecule has 0 saturated carbocycles. The first-order valence-corrected chi connectivity index (χ1v) is 10.2. The lowest BCUT2D eigenvalue weighted by Crippen LogP contribution is -2.45. The van der Waals surface area contributed by atoms with E-state index in [-0.39, 0.29) is 24.0 Å². The highest BCUT2D eigenvalue weighted by Gasteiger charge is 2.22. The second-order valence-electron chi connectivity index (χ2n) is 7.79. The van der Waals surface area contributed by atoms with Gasteiger partial charge in [-0.2, -0.15) is 5.10 Å². The number of hydrogen-bond donors (Lipinski definition) is 1. The van der Waals surface area contributed by atoms with Gasteiger partial charge in [0.05, 0.1) is 19.9 Å². The summed E-state index contributed by atoms with van der Waals surface area (Å²) in [6.07, 6.45) is 0.956. The maximum atomic E-state index is 5.47. The van der Waals surface area contributed by atoms with Crippen LogP contribution in [0.3, 0.4) is 0 Å². The van der Waals surface area contributed by atoms with Crippen LogP contribution in [0.25, 0.3) is 0 Å². The number of aryl methyl sites for hydroxylation is 2. The van der Waals surface area contributed by atoms with Crippen molar-refractivity contribution in [2.24, 2.45) is 10.9 Å². The predicted octanol–water partition coefficient (Wildman–Crippen LogP) is 3.40. The molecular weight excluding hydrogens is 493 g/mol. The summed E-state index contributed by atoms with van der Waals surface area (Å²) < 4.78 is 13.0. The van der Waals surface area contributed by atoms with Gasteiger partial charge in [0.1, 0.15) is 0 Å². The average Bonchev–Trinajstić information content (AvgIpc) is 3.03. The molecule has 3 rings (SSSR count). The Balaban J connectivity index is 0.00000320. The van der Waals surface area contributed by atoms with E-state index in [9.17, 15) is 0 Å². The molecule has 0 bridgehead atoms. The van der Waals surface area contributed by atoms with Gasteiger partial charge in [-0.05, 0) is 55.5 Å². The average molecular weight is 527 g/mol. The minimum atomic E-state index is 0. The molecule has 166 valence electrons. The van der Waals surface area contributed by atoms with E-state index >= 15 is 0 Å². The van der Waals surface area contributed by atoms with E-state index in [1.54, 1.807) is 14.2 Å². The minimum absolute atomic E-state index is 0. The monoisotopic (exact) mass is 527 g/mol. The highest BCUT2D eigenvalue weighted by molar-refractivity contribution is 14.0. The molecule has 7 nitrogen and oxygen atoms in total. The number of nitrogens with zero attached hydrogens (tertiary/aromatic N) is 4. The van der Waals surface area contributed by atoms with Crippen molar-refractivity contribution in [2.75, 3.05) is 34.4 Å². The number of hydrogen-bond acceptors (Lipinski definition) is 4. The lowest BCUT2D eigenvalue weighted by molar-refractivity contribution is 0.344. The van der Waals surface area contributed by atoms with E-state index in [0.717, 1.165) is 55.8 Å². The van der Waals surface area contributed by atoms with E-state index in [4.69, 9.17) is 9.47 Å². The van der Waals surface area contributed by atoms with Gasteiger partial charge in [0.2, 0.25) is 0 Å². The Morgan fingerprint density at radius 3 is 2.40 bits per heavy atom. The molecule has 2 heterocycles. The number of aliphatic imine (C=N–C) groups is 1. The molecule has 0 aliphatic carbocycles. The maximum absolute atomic E-state index is 5.47. The van der Waals surface area contributed by atoms with Crippen molar-refractivity contribution in [3.63, 3.8) is 0 Å². The number of fused-ring (bicyclic) bond motifs is 1. The lowest BCUT2D eigenvalue weighted by Gasteiger charge is -2.32. The molecule has 0 saturated heterocycles. The zero-order valence-corrected chi connectivity index (χ0v) is 21.2. The van der Waals surface area contributed by atoms with Crippen molar-refractivity contribution in [3.8, 4) is 11.5 Å².